The largest absolute Gasteiger partial charge is 0.398 e. The van der Waals surface area contributed by atoms with Crippen LogP contribution >= 0.6 is 34.7 Å². The average molecular weight is 363 g/mol. The van der Waals surface area contributed by atoms with Gasteiger partial charge in [-0.15, -0.1) is 23.1 Å². The van der Waals surface area contributed by atoms with Crippen LogP contribution in [0.25, 0.3) is 0 Å². The Balaban J connectivity index is 1.80. The molecule has 0 bridgehead atoms. The van der Waals surface area contributed by atoms with E-state index in [-0.39, 0.29) is 12.3 Å². The fourth-order valence-corrected chi connectivity index (χ4v) is 5.05. The van der Waals surface area contributed by atoms with E-state index >= 15 is 0 Å². The molecule has 0 unspecified atom stereocenters. The van der Waals surface area contributed by atoms with E-state index in [1.165, 1.54) is 23.1 Å². The molecule has 2 rings (SSSR count). The van der Waals surface area contributed by atoms with E-state index in [0.717, 1.165) is 9.77 Å². The van der Waals surface area contributed by atoms with Gasteiger partial charge in [0.15, 0.2) is 0 Å². The van der Waals surface area contributed by atoms with Crippen LogP contribution in [0.2, 0.25) is 4.34 Å². The van der Waals surface area contributed by atoms with E-state index in [9.17, 15) is 8.42 Å². The van der Waals surface area contributed by atoms with Gasteiger partial charge in [0.05, 0.1) is 10.1 Å². The first-order valence-corrected chi connectivity index (χ1v) is 9.98. The number of hydrogen-bond acceptors (Lipinski definition) is 5. The zero-order valence-corrected chi connectivity index (χ0v) is 14.3. The topological polar surface area (TPSA) is 72.2 Å². The fraction of sp³-hybridized carbons (Fsp3) is 0.231. The van der Waals surface area contributed by atoms with Gasteiger partial charge in [-0.2, -0.15) is 0 Å². The highest BCUT2D eigenvalue weighted by Gasteiger charge is 2.11. The highest BCUT2D eigenvalue weighted by molar-refractivity contribution is 8.00. The Morgan fingerprint density at radius 1 is 1.24 bits per heavy atom. The van der Waals surface area contributed by atoms with Crippen molar-refractivity contribution in [3.05, 3.63) is 45.6 Å². The summed E-state index contributed by atoms with van der Waals surface area (Å²) in [5.74, 6) is 0.500. The van der Waals surface area contributed by atoms with Crippen molar-refractivity contribution in [2.75, 3.05) is 17.2 Å². The van der Waals surface area contributed by atoms with Gasteiger partial charge in [-0.05, 0) is 24.3 Å². The van der Waals surface area contributed by atoms with Crippen molar-refractivity contribution >= 4 is 50.4 Å². The van der Waals surface area contributed by atoms with E-state index in [1.54, 1.807) is 12.1 Å². The summed E-state index contributed by atoms with van der Waals surface area (Å²) in [5.41, 5.74) is 6.48. The third-order valence-corrected chi connectivity index (χ3v) is 6.53. The van der Waals surface area contributed by atoms with Crippen LogP contribution in [0, 0.1) is 0 Å². The first-order valence-electron chi connectivity index (χ1n) is 6.15. The number of benzene rings is 1. The molecule has 21 heavy (non-hydrogen) atoms. The molecule has 8 heteroatoms. The third-order valence-electron chi connectivity index (χ3n) is 2.62. The summed E-state index contributed by atoms with van der Waals surface area (Å²) >= 11 is 8.61. The second kappa shape index (κ2) is 7.51. The number of nitrogens with one attached hydrogen (secondary N) is 1. The molecule has 0 saturated carbocycles. The number of nitrogens with two attached hydrogens (primary N) is 1. The van der Waals surface area contributed by atoms with Crippen molar-refractivity contribution in [2.45, 2.75) is 11.4 Å². The highest BCUT2D eigenvalue weighted by Crippen LogP contribution is 2.24. The van der Waals surface area contributed by atoms with Crippen molar-refractivity contribution in [2.24, 2.45) is 0 Å². The number of hydrogen-bond donors (Lipinski definition) is 2. The summed E-state index contributed by atoms with van der Waals surface area (Å²) in [5, 5.41) is 0. The first kappa shape index (κ1) is 16.6. The number of nitrogen functional groups attached to an aromatic ring is 1. The van der Waals surface area contributed by atoms with E-state index in [0.29, 0.717) is 15.8 Å². The van der Waals surface area contributed by atoms with Crippen LogP contribution in [0.4, 0.5) is 5.69 Å². The highest BCUT2D eigenvalue weighted by atomic mass is 35.5. The standard InChI is InChI=1S/C13H15ClN2O2S3/c14-13-6-5-10(20-13)9-16-21(17,18)8-7-19-12-4-2-1-3-11(12)15/h1-6,16H,7-9,15H2. The Morgan fingerprint density at radius 2 is 2.00 bits per heavy atom. The summed E-state index contributed by atoms with van der Waals surface area (Å²) in [6.45, 7) is 0.276. The third kappa shape index (κ3) is 5.52. The summed E-state index contributed by atoms with van der Waals surface area (Å²) < 4.78 is 27.0. The smallest absolute Gasteiger partial charge is 0.212 e. The van der Waals surface area contributed by atoms with E-state index in [2.05, 4.69) is 4.72 Å². The number of anilines is 1. The van der Waals surface area contributed by atoms with Gasteiger partial charge in [0, 0.05) is 27.8 Å². The Hall–Kier alpha value is -0.730. The van der Waals surface area contributed by atoms with Crippen LogP contribution < -0.4 is 10.5 Å². The molecule has 4 nitrogen and oxygen atoms in total. The lowest BCUT2D eigenvalue weighted by Crippen LogP contribution is -2.26. The normalized spacial score (nSPS) is 11.7. The number of rotatable bonds is 7. The molecule has 0 aliphatic heterocycles. The molecule has 0 atom stereocenters. The fourth-order valence-electron chi connectivity index (χ4n) is 1.57. The van der Waals surface area contributed by atoms with Crippen molar-refractivity contribution < 1.29 is 8.42 Å². The monoisotopic (exact) mass is 362 g/mol. The van der Waals surface area contributed by atoms with Crippen LogP contribution in [0.1, 0.15) is 4.88 Å². The number of thiophene rings is 1. The zero-order chi connectivity index (χ0) is 15.3. The summed E-state index contributed by atoms with van der Waals surface area (Å²) in [6, 6.07) is 11.0. The van der Waals surface area contributed by atoms with E-state index in [1.807, 2.05) is 24.3 Å². The van der Waals surface area contributed by atoms with Crippen molar-refractivity contribution in [3.8, 4) is 0 Å². The first-order chi connectivity index (χ1) is 9.96. The van der Waals surface area contributed by atoms with Gasteiger partial charge in [-0.1, -0.05) is 23.7 Å². The molecule has 0 fully saturated rings. The van der Waals surface area contributed by atoms with Gasteiger partial charge in [-0.3, -0.25) is 0 Å². The van der Waals surface area contributed by atoms with Gasteiger partial charge in [-0.25, -0.2) is 13.1 Å². The maximum atomic E-state index is 11.9. The molecular formula is C13H15ClN2O2S3. The Morgan fingerprint density at radius 3 is 2.67 bits per heavy atom. The SMILES string of the molecule is Nc1ccccc1SCCS(=O)(=O)NCc1ccc(Cl)s1. The Kier molecular flexibility index (Phi) is 5.95. The molecule has 2 aromatic rings. The molecule has 0 aliphatic carbocycles. The average Bonchev–Trinajstić information content (AvgIpc) is 2.85. The summed E-state index contributed by atoms with van der Waals surface area (Å²) in [6.07, 6.45) is 0. The molecule has 1 heterocycles. The predicted octanol–water partition coefficient (Wildman–Crippen LogP) is 3.20. The van der Waals surface area contributed by atoms with Gasteiger partial charge in [0.1, 0.15) is 0 Å². The molecule has 0 amide bonds. The Bertz CT molecular complexity index is 701. The minimum absolute atomic E-state index is 0.0467. The molecule has 0 saturated heterocycles. The molecule has 0 aliphatic rings. The van der Waals surface area contributed by atoms with Gasteiger partial charge in [0.2, 0.25) is 10.0 Å². The number of para-hydroxylation sites is 1. The van der Waals surface area contributed by atoms with Crippen LogP contribution in [0.3, 0.4) is 0 Å². The lowest BCUT2D eigenvalue weighted by Gasteiger charge is -2.07. The number of thioether (sulfide) groups is 1. The lowest BCUT2D eigenvalue weighted by atomic mass is 10.3. The summed E-state index contributed by atoms with van der Waals surface area (Å²) in [7, 11) is -3.30. The van der Waals surface area contributed by atoms with Crippen LogP contribution in [-0.4, -0.2) is 19.9 Å². The Labute approximate surface area is 137 Å². The second-order valence-electron chi connectivity index (χ2n) is 4.23. The van der Waals surface area contributed by atoms with E-state index in [4.69, 9.17) is 17.3 Å². The second-order valence-corrected chi connectivity index (χ2v) is 9.09. The molecule has 0 spiro atoms. The predicted molar refractivity (Wildman–Crippen MR) is 91.5 cm³/mol. The van der Waals surface area contributed by atoms with Crippen molar-refractivity contribution in [1.82, 2.24) is 4.72 Å². The van der Waals surface area contributed by atoms with Crippen molar-refractivity contribution in [1.29, 1.82) is 0 Å². The molecule has 3 N–H and O–H groups in total. The van der Waals surface area contributed by atoms with E-state index < -0.39 is 10.0 Å². The van der Waals surface area contributed by atoms with Gasteiger partial charge in [0.25, 0.3) is 0 Å². The zero-order valence-electron chi connectivity index (χ0n) is 11.1. The van der Waals surface area contributed by atoms with Crippen LogP contribution in [-0.2, 0) is 16.6 Å². The molecule has 1 aromatic heterocycles. The molecule has 1 aromatic carbocycles. The van der Waals surface area contributed by atoms with Crippen LogP contribution in [0.15, 0.2) is 41.3 Å². The molecular weight excluding hydrogens is 348 g/mol. The quantitative estimate of drug-likeness (QED) is 0.586. The maximum absolute atomic E-state index is 11.9. The van der Waals surface area contributed by atoms with Gasteiger partial charge < -0.3 is 5.73 Å². The minimum Gasteiger partial charge on any atom is -0.398 e. The van der Waals surface area contributed by atoms with Gasteiger partial charge >= 0.3 is 0 Å². The lowest BCUT2D eigenvalue weighted by molar-refractivity contribution is 0.583. The maximum Gasteiger partial charge on any atom is 0.212 e. The summed E-state index contributed by atoms with van der Waals surface area (Å²) in [4.78, 5) is 1.79. The molecule has 114 valence electrons. The minimum atomic E-state index is -3.30. The van der Waals surface area contributed by atoms with Crippen LogP contribution in [0.5, 0.6) is 0 Å². The number of halogens is 1. The molecule has 0 radical (unpaired) electrons. The number of sulfonamides is 1. The van der Waals surface area contributed by atoms with Crippen molar-refractivity contribution in [3.63, 3.8) is 0 Å².